The van der Waals surface area contributed by atoms with Gasteiger partial charge in [0, 0.05) is 0 Å². The minimum Gasteiger partial charge on any atom is -0.481 e. The maximum atomic E-state index is 11.0. The summed E-state index contributed by atoms with van der Waals surface area (Å²) in [5.74, 6) is -1.19. The number of hydrogen-bond acceptors (Lipinski definition) is 3. The fourth-order valence-corrected chi connectivity index (χ4v) is 2.29. The van der Waals surface area contributed by atoms with Crippen LogP contribution in [0.5, 0.6) is 0 Å². The maximum Gasteiger partial charge on any atom is 0.494 e. The van der Waals surface area contributed by atoms with Crippen LogP contribution in [0.25, 0.3) is 0 Å². The first-order valence-electron chi connectivity index (χ1n) is 7.30. The van der Waals surface area contributed by atoms with Gasteiger partial charge in [-0.05, 0) is 45.1 Å². The van der Waals surface area contributed by atoms with Crippen molar-refractivity contribution in [3.05, 3.63) is 29.8 Å². The van der Waals surface area contributed by atoms with Crippen LogP contribution in [-0.2, 0) is 20.5 Å². The molecule has 114 valence electrons. The predicted molar refractivity (Wildman–Crippen MR) is 82.7 cm³/mol. The second kappa shape index (κ2) is 5.46. The van der Waals surface area contributed by atoms with Crippen LogP contribution in [0.1, 0.15) is 40.2 Å². The molecule has 2 rings (SSSR count). The number of hydrogen-bond donors (Lipinski definition) is 1. The van der Waals surface area contributed by atoms with Crippen LogP contribution < -0.4 is 5.46 Å². The van der Waals surface area contributed by atoms with E-state index in [4.69, 9.17) is 14.4 Å². The van der Waals surface area contributed by atoms with Gasteiger partial charge in [-0.3, -0.25) is 4.79 Å². The van der Waals surface area contributed by atoms with Crippen LogP contribution in [0.3, 0.4) is 0 Å². The van der Waals surface area contributed by atoms with Crippen molar-refractivity contribution in [2.75, 3.05) is 0 Å². The molecule has 0 bridgehead atoms. The van der Waals surface area contributed by atoms with E-state index in [-0.39, 0.29) is 11.2 Å². The van der Waals surface area contributed by atoms with E-state index in [0.717, 1.165) is 11.0 Å². The molecule has 1 atom stereocenters. The molecule has 21 heavy (non-hydrogen) atoms. The standard InChI is InChI=1S/C16H23BO4/c1-11(14(18)19)9-12-7-6-8-13(10-12)17-20-15(2,3)16(4,5)21-17/h6-8,10-11H,9H2,1-5H3,(H,18,19). The SMILES string of the molecule is CC(Cc1cccc(B2OC(C)(C)C(C)(C)O2)c1)C(=O)O. The van der Waals surface area contributed by atoms with E-state index in [1.807, 2.05) is 52.0 Å². The van der Waals surface area contributed by atoms with E-state index in [2.05, 4.69) is 0 Å². The number of aliphatic carboxylic acids is 1. The van der Waals surface area contributed by atoms with Crippen LogP contribution in [0.2, 0.25) is 0 Å². The van der Waals surface area contributed by atoms with Crippen molar-refractivity contribution in [3.8, 4) is 0 Å². The van der Waals surface area contributed by atoms with Crippen LogP contribution >= 0.6 is 0 Å². The Balaban J connectivity index is 2.17. The van der Waals surface area contributed by atoms with E-state index in [0.29, 0.717) is 6.42 Å². The zero-order valence-electron chi connectivity index (χ0n) is 13.3. The normalized spacial score (nSPS) is 21.3. The Morgan fingerprint density at radius 3 is 2.33 bits per heavy atom. The topological polar surface area (TPSA) is 55.8 Å². The highest BCUT2D eigenvalue weighted by atomic mass is 16.7. The molecule has 1 fully saturated rings. The summed E-state index contributed by atoms with van der Waals surface area (Å²) in [7, 11) is -0.407. The molecule has 4 nitrogen and oxygen atoms in total. The van der Waals surface area contributed by atoms with Gasteiger partial charge in [-0.15, -0.1) is 0 Å². The summed E-state index contributed by atoms with van der Waals surface area (Å²) in [6.45, 7) is 9.78. The maximum absolute atomic E-state index is 11.0. The van der Waals surface area contributed by atoms with E-state index in [1.54, 1.807) is 6.92 Å². The summed E-state index contributed by atoms with van der Waals surface area (Å²) in [6.07, 6.45) is 0.503. The summed E-state index contributed by atoms with van der Waals surface area (Å²) >= 11 is 0. The van der Waals surface area contributed by atoms with Gasteiger partial charge in [0.15, 0.2) is 0 Å². The quantitative estimate of drug-likeness (QED) is 0.864. The van der Waals surface area contributed by atoms with Crippen molar-refractivity contribution < 1.29 is 19.2 Å². The Bertz CT molecular complexity index is 523. The molecule has 0 spiro atoms. The molecule has 0 aliphatic carbocycles. The number of carbonyl (C=O) groups is 1. The molecule has 1 aromatic carbocycles. The smallest absolute Gasteiger partial charge is 0.481 e. The van der Waals surface area contributed by atoms with E-state index >= 15 is 0 Å². The predicted octanol–water partition coefficient (Wildman–Crippen LogP) is 2.25. The van der Waals surface area contributed by atoms with Crippen LogP contribution in [-0.4, -0.2) is 29.4 Å². The summed E-state index contributed by atoms with van der Waals surface area (Å²) in [5, 5.41) is 9.01. The number of carboxylic acid groups (broad SMARTS) is 1. The molecule has 1 aliphatic heterocycles. The van der Waals surface area contributed by atoms with Gasteiger partial charge in [0.25, 0.3) is 0 Å². The van der Waals surface area contributed by atoms with Gasteiger partial charge in [-0.25, -0.2) is 0 Å². The van der Waals surface area contributed by atoms with Gasteiger partial charge in [0.2, 0.25) is 0 Å². The Morgan fingerprint density at radius 2 is 1.81 bits per heavy atom. The third-order valence-corrected chi connectivity index (χ3v) is 4.44. The van der Waals surface area contributed by atoms with Gasteiger partial charge in [0.1, 0.15) is 0 Å². The Kier molecular flexibility index (Phi) is 4.18. The third-order valence-electron chi connectivity index (χ3n) is 4.44. The largest absolute Gasteiger partial charge is 0.494 e. The first-order valence-corrected chi connectivity index (χ1v) is 7.30. The van der Waals surface area contributed by atoms with Gasteiger partial charge < -0.3 is 14.4 Å². The minimum absolute atomic E-state index is 0.373. The highest BCUT2D eigenvalue weighted by molar-refractivity contribution is 6.62. The number of rotatable bonds is 4. The number of carboxylic acids is 1. The highest BCUT2D eigenvalue weighted by Crippen LogP contribution is 2.36. The molecule has 1 heterocycles. The average molecular weight is 290 g/mol. The number of benzene rings is 1. The molecule has 1 saturated heterocycles. The molecule has 0 saturated carbocycles. The van der Waals surface area contributed by atoms with E-state index in [1.165, 1.54) is 0 Å². The molecule has 5 heteroatoms. The van der Waals surface area contributed by atoms with Crippen molar-refractivity contribution in [1.29, 1.82) is 0 Å². The molecule has 0 amide bonds. The minimum atomic E-state index is -0.781. The summed E-state index contributed by atoms with van der Waals surface area (Å²) in [4.78, 5) is 11.0. The van der Waals surface area contributed by atoms with Crippen molar-refractivity contribution in [2.45, 2.75) is 52.2 Å². The Hall–Kier alpha value is -1.33. The lowest BCUT2D eigenvalue weighted by atomic mass is 9.78. The van der Waals surface area contributed by atoms with Crippen LogP contribution in [0.4, 0.5) is 0 Å². The zero-order valence-corrected chi connectivity index (χ0v) is 13.3. The lowest BCUT2D eigenvalue weighted by molar-refractivity contribution is -0.141. The molecule has 1 unspecified atom stereocenters. The van der Waals surface area contributed by atoms with Crippen molar-refractivity contribution >= 4 is 18.6 Å². The average Bonchev–Trinajstić information content (AvgIpc) is 2.58. The molecular formula is C16H23BO4. The molecule has 1 aromatic rings. The van der Waals surface area contributed by atoms with Gasteiger partial charge in [-0.2, -0.15) is 0 Å². The monoisotopic (exact) mass is 290 g/mol. The Morgan fingerprint density at radius 1 is 1.24 bits per heavy atom. The molecule has 0 radical (unpaired) electrons. The lowest BCUT2D eigenvalue weighted by Crippen LogP contribution is -2.41. The Labute approximate surface area is 126 Å². The second-order valence-electron chi connectivity index (χ2n) is 6.78. The van der Waals surface area contributed by atoms with Gasteiger partial charge >= 0.3 is 13.1 Å². The van der Waals surface area contributed by atoms with E-state index < -0.39 is 19.0 Å². The van der Waals surface area contributed by atoms with Gasteiger partial charge in [-0.1, -0.05) is 31.2 Å². The zero-order chi connectivity index (χ0) is 15.8. The van der Waals surface area contributed by atoms with Crippen molar-refractivity contribution in [1.82, 2.24) is 0 Å². The molecule has 0 aromatic heterocycles. The fourth-order valence-electron chi connectivity index (χ4n) is 2.29. The first-order chi connectivity index (χ1) is 9.62. The fraction of sp³-hybridized carbons (Fsp3) is 0.562. The van der Waals surface area contributed by atoms with Gasteiger partial charge in [0.05, 0.1) is 17.1 Å². The van der Waals surface area contributed by atoms with E-state index in [9.17, 15) is 4.79 Å². The van der Waals surface area contributed by atoms with Crippen molar-refractivity contribution in [3.63, 3.8) is 0 Å². The van der Waals surface area contributed by atoms with Crippen LogP contribution in [0.15, 0.2) is 24.3 Å². The summed E-state index contributed by atoms with van der Waals surface area (Å²) in [6, 6.07) is 7.79. The lowest BCUT2D eigenvalue weighted by Gasteiger charge is -2.32. The third kappa shape index (κ3) is 3.30. The highest BCUT2D eigenvalue weighted by Gasteiger charge is 2.51. The summed E-state index contributed by atoms with van der Waals surface area (Å²) < 4.78 is 12.0. The summed E-state index contributed by atoms with van der Waals surface area (Å²) in [5.41, 5.74) is 1.17. The molecule has 1 aliphatic rings. The second-order valence-corrected chi connectivity index (χ2v) is 6.78. The molecular weight excluding hydrogens is 267 g/mol. The molecule has 1 N–H and O–H groups in total. The van der Waals surface area contributed by atoms with Crippen LogP contribution in [0, 0.1) is 5.92 Å². The van der Waals surface area contributed by atoms with Crippen molar-refractivity contribution in [2.24, 2.45) is 5.92 Å². The first kappa shape index (κ1) is 16.1.